The van der Waals surface area contributed by atoms with Gasteiger partial charge in [-0.05, 0) is 5.75 Å². The summed E-state index contributed by atoms with van der Waals surface area (Å²) in [5, 5.41) is 2.62. The molecule has 2 rings (SSSR count). The van der Waals surface area contributed by atoms with Crippen molar-refractivity contribution in [2.75, 3.05) is 31.0 Å². The smallest absolute Gasteiger partial charge is 0.303 e. The molecule has 2 fully saturated rings. The molecule has 0 spiro atoms. The predicted molar refractivity (Wildman–Crippen MR) is 157 cm³/mol. The van der Waals surface area contributed by atoms with Crippen molar-refractivity contribution in [2.24, 2.45) is 0 Å². The second-order valence-electron chi connectivity index (χ2n) is 10.0. The average molecular weight is 684 g/mol. The van der Waals surface area contributed by atoms with Gasteiger partial charge in [0.1, 0.15) is 31.0 Å². The Balaban J connectivity index is 2.67. The summed E-state index contributed by atoms with van der Waals surface area (Å²) >= 11 is 5.61. The number of esters is 5. The van der Waals surface area contributed by atoms with Crippen molar-refractivity contribution in [2.45, 2.75) is 103 Å². The molecule has 1 amide bonds. The molecule has 0 radical (unpaired) electrons. The highest BCUT2D eigenvalue weighted by Crippen LogP contribution is 2.35. The minimum atomic E-state index is -1.56. The van der Waals surface area contributed by atoms with Gasteiger partial charge in [0.15, 0.2) is 37.0 Å². The molecule has 0 bridgehead atoms. The lowest BCUT2D eigenvalue weighted by Crippen LogP contribution is -2.69. The molecule has 0 aromatic rings. The number of methoxy groups -OCH3 is 1. The first-order valence-corrected chi connectivity index (χ1v) is 15.7. The molecule has 0 unspecified atom stereocenters. The first-order valence-electron chi connectivity index (χ1n) is 14.0. The van der Waals surface area contributed by atoms with E-state index in [1.165, 1.54) is 32.7 Å². The fourth-order valence-electron chi connectivity index (χ4n) is 4.84. The third-order valence-electron chi connectivity index (χ3n) is 6.31. The lowest BCUT2D eigenvalue weighted by molar-refractivity contribution is -0.344. The van der Waals surface area contributed by atoms with Gasteiger partial charge in [-0.3, -0.25) is 28.8 Å². The van der Waals surface area contributed by atoms with E-state index >= 15 is 0 Å². The van der Waals surface area contributed by atoms with Crippen LogP contribution in [0.2, 0.25) is 0 Å². The SMILES string of the molecule is CO[C@@H]1O[C@H](COC(C)=O)[C@H](O[C@@H]2O[C@H](CSCCS)[C@H](OC(C)=O)[C@H](OC(C)=O)[C@H]2OC(C)=O)[C@H](OC(C)=O)[C@H]1NC(C)=O. The number of rotatable bonds is 14. The van der Waals surface area contributed by atoms with E-state index in [4.69, 9.17) is 42.6 Å². The molecule has 0 aromatic carbocycles. The quantitative estimate of drug-likeness (QED) is 0.107. The zero-order chi connectivity index (χ0) is 33.8. The van der Waals surface area contributed by atoms with Gasteiger partial charge in [-0.15, -0.1) is 0 Å². The van der Waals surface area contributed by atoms with E-state index in [0.717, 1.165) is 27.7 Å². The molecule has 18 heteroatoms. The molecule has 256 valence electrons. The van der Waals surface area contributed by atoms with Gasteiger partial charge in [0.25, 0.3) is 0 Å². The van der Waals surface area contributed by atoms with E-state index in [-0.39, 0.29) is 5.75 Å². The minimum Gasteiger partial charge on any atom is -0.463 e. The van der Waals surface area contributed by atoms with Crippen LogP contribution in [0.1, 0.15) is 41.5 Å². The molecule has 0 saturated carbocycles. The molecule has 2 aliphatic heterocycles. The molecular formula is C27H41NO15S2. The molecule has 0 aromatic heterocycles. The summed E-state index contributed by atoms with van der Waals surface area (Å²) in [6.07, 6.45) is -11.8. The number of thioether (sulfide) groups is 1. The van der Waals surface area contributed by atoms with Crippen LogP contribution in [0.15, 0.2) is 0 Å². The van der Waals surface area contributed by atoms with Crippen molar-refractivity contribution in [3.8, 4) is 0 Å². The summed E-state index contributed by atoms with van der Waals surface area (Å²) in [7, 11) is 1.29. The molecule has 16 nitrogen and oxygen atoms in total. The molecule has 2 aliphatic rings. The van der Waals surface area contributed by atoms with Crippen LogP contribution >= 0.6 is 24.4 Å². The number of nitrogens with one attached hydrogen (secondary N) is 1. The van der Waals surface area contributed by atoms with Gasteiger partial charge in [-0.1, -0.05) is 0 Å². The molecule has 2 saturated heterocycles. The fourth-order valence-corrected chi connectivity index (χ4v) is 6.02. The number of amides is 1. The van der Waals surface area contributed by atoms with Gasteiger partial charge in [-0.2, -0.15) is 24.4 Å². The fraction of sp³-hybridized carbons (Fsp3) is 0.778. The molecule has 1 N–H and O–H groups in total. The van der Waals surface area contributed by atoms with Gasteiger partial charge in [0.05, 0.1) is 0 Å². The van der Waals surface area contributed by atoms with Gasteiger partial charge in [0.2, 0.25) is 5.91 Å². The lowest BCUT2D eigenvalue weighted by Gasteiger charge is -2.49. The van der Waals surface area contributed by atoms with E-state index in [0.29, 0.717) is 11.5 Å². The number of ether oxygens (including phenoxy) is 9. The Labute approximate surface area is 270 Å². The summed E-state index contributed by atoms with van der Waals surface area (Å²) in [5.41, 5.74) is 0. The lowest BCUT2D eigenvalue weighted by atomic mass is 9.95. The van der Waals surface area contributed by atoms with E-state index in [1.807, 2.05) is 0 Å². The van der Waals surface area contributed by atoms with Crippen LogP contribution in [0.4, 0.5) is 0 Å². The van der Waals surface area contributed by atoms with E-state index in [1.54, 1.807) is 0 Å². The maximum absolute atomic E-state index is 12.3. The highest BCUT2D eigenvalue weighted by molar-refractivity contribution is 8.00. The molecular weight excluding hydrogens is 642 g/mol. The molecule has 0 aliphatic carbocycles. The van der Waals surface area contributed by atoms with Crippen LogP contribution in [-0.4, -0.2) is 128 Å². The van der Waals surface area contributed by atoms with Crippen LogP contribution in [0.5, 0.6) is 0 Å². The van der Waals surface area contributed by atoms with Crippen molar-refractivity contribution in [3.63, 3.8) is 0 Å². The van der Waals surface area contributed by atoms with Gasteiger partial charge in [0, 0.05) is 60.2 Å². The van der Waals surface area contributed by atoms with Crippen LogP contribution in [-0.2, 0) is 71.4 Å². The average Bonchev–Trinajstić information content (AvgIpc) is 2.92. The standard InChI is InChI=1S/C27H41NO15S2/c1-12(29)28-20-23(38-15(4)32)21(18(10-36-13(2)30)41-26(20)35-7)43-27-25(40-17(6)34)24(39-16(5)33)22(37-14(3)31)19(42-27)11-45-9-8-44/h18-27,44H,8-11H2,1-7H3,(H,28,29)/t18-,19-,20-,21+,22+,23-,24+,25-,26-,27+/m1/s1. The minimum absolute atomic E-state index is 0.203. The Bertz CT molecular complexity index is 1060. The van der Waals surface area contributed by atoms with Crippen LogP contribution in [0.3, 0.4) is 0 Å². The normalized spacial score (nSPS) is 31.2. The zero-order valence-electron chi connectivity index (χ0n) is 26.1. The van der Waals surface area contributed by atoms with Crippen molar-refractivity contribution < 1.29 is 71.4 Å². The molecule has 10 atom stereocenters. The van der Waals surface area contributed by atoms with E-state index in [9.17, 15) is 28.8 Å². The highest BCUT2D eigenvalue weighted by Gasteiger charge is 2.56. The summed E-state index contributed by atoms with van der Waals surface area (Å²) in [6, 6.07) is -1.13. The largest absolute Gasteiger partial charge is 0.463 e. The van der Waals surface area contributed by atoms with Gasteiger partial charge >= 0.3 is 29.8 Å². The molecule has 2 heterocycles. The number of carbonyl (C=O) groups is 6. The second kappa shape index (κ2) is 18.5. The van der Waals surface area contributed by atoms with Crippen molar-refractivity contribution in [1.29, 1.82) is 0 Å². The maximum Gasteiger partial charge on any atom is 0.303 e. The van der Waals surface area contributed by atoms with Gasteiger partial charge in [-0.25, -0.2) is 0 Å². The first-order chi connectivity index (χ1) is 21.2. The van der Waals surface area contributed by atoms with Crippen molar-refractivity contribution in [3.05, 3.63) is 0 Å². The summed E-state index contributed by atoms with van der Waals surface area (Å²) < 4.78 is 51.4. The highest BCUT2D eigenvalue weighted by atomic mass is 32.2. The van der Waals surface area contributed by atoms with E-state index in [2.05, 4.69) is 17.9 Å². The Morgan fingerprint density at radius 2 is 1.22 bits per heavy atom. The number of carbonyl (C=O) groups excluding carboxylic acids is 6. The third-order valence-corrected chi connectivity index (χ3v) is 7.89. The Morgan fingerprint density at radius 3 is 1.73 bits per heavy atom. The van der Waals surface area contributed by atoms with E-state index < -0.39 is 104 Å². The molecule has 45 heavy (non-hydrogen) atoms. The maximum atomic E-state index is 12.3. The first kappa shape index (κ1) is 38.5. The van der Waals surface area contributed by atoms with Crippen molar-refractivity contribution in [1.82, 2.24) is 5.32 Å². The number of hydrogen-bond donors (Lipinski definition) is 2. The van der Waals surface area contributed by atoms with Crippen LogP contribution in [0, 0.1) is 0 Å². The Hall–Kier alpha value is -2.64. The summed E-state index contributed by atoms with van der Waals surface area (Å²) in [6.45, 7) is 6.49. The van der Waals surface area contributed by atoms with Crippen LogP contribution in [0.25, 0.3) is 0 Å². The summed E-state index contributed by atoms with van der Waals surface area (Å²) in [4.78, 5) is 72.9. The zero-order valence-corrected chi connectivity index (χ0v) is 27.8. The Kier molecular flexibility index (Phi) is 15.8. The predicted octanol–water partition coefficient (Wildman–Crippen LogP) is -0.0746. The third kappa shape index (κ3) is 11.9. The number of thiol groups is 1. The van der Waals surface area contributed by atoms with Crippen LogP contribution < -0.4 is 5.32 Å². The second-order valence-corrected chi connectivity index (χ2v) is 11.6. The van der Waals surface area contributed by atoms with Gasteiger partial charge < -0.3 is 47.9 Å². The Morgan fingerprint density at radius 1 is 0.689 bits per heavy atom. The van der Waals surface area contributed by atoms with Crippen molar-refractivity contribution >= 4 is 60.1 Å². The number of hydrogen-bond acceptors (Lipinski definition) is 17. The topological polar surface area (TPSA) is 198 Å². The monoisotopic (exact) mass is 683 g/mol. The summed E-state index contributed by atoms with van der Waals surface area (Å²) in [5.74, 6) is -2.95.